The minimum absolute atomic E-state index is 0.790. The van der Waals surface area contributed by atoms with E-state index in [9.17, 15) is 0 Å². The third-order valence-corrected chi connectivity index (χ3v) is 3.93. The summed E-state index contributed by atoms with van der Waals surface area (Å²) in [6.45, 7) is 2.06. The Morgan fingerprint density at radius 2 is 2.00 bits per heavy atom. The number of nitrogens with zero attached hydrogens (tertiary/aromatic N) is 3. The van der Waals surface area contributed by atoms with Crippen LogP contribution in [0.2, 0.25) is 0 Å². The van der Waals surface area contributed by atoms with Gasteiger partial charge in [0.1, 0.15) is 5.76 Å². The van der Waals surface area contributed by atoms with Gasteiger partial charge in [-0.15, -0.1) is 16.4 Å². The number of thiazole rings is 1. The number of aromatic nitrogens is 1. The molecule has 0 amide bonds. The SMILES string of the molecule is Cc1cs/c(=N/N=C/C=C/c2ccco2)n1-c1ccccc1. The van der Waals surface area contributed by atoms with E-state index in [0.717, 1.165) is 21.9 Å². The zero-order valence-electron chi connectivity index (χ0n) is 12.1. The van der Waals surface area contributed by atoms with E-state index >= 15 is 0 Å². The molecule has 0 atom stereocenters. The number of hydrogen-bond donors (Lipinski definition) is 0. The van der Waals surface area contributed by atoms with E-state index in [1.807, 2.05) is 36.4 Å². The van der Waals surface area contributed by atoms with Crippen molar-refractivity contribution in [3.05, 3.63) is 76.4 Å². The zero-order chi connectivity index (χ0) is 15.2. The predicted octanol–water partition coefficient (Wildman–Crippen LogP) is 4.04. The van der Waals surface area contributed by atoms with Crippen molar-refractivity contribution in [2.75, 3.05) is 0 Å². The molecule has 3 rings (SSSR count). The fraction of sp³-hybridized carbons (Fsp3) is 0.0588. The van der Waals surface area contributed by atoms with Crippen LogP contribution in [0.3, 0.4) is 0 Å². The zero-order valence-corrected chi connectivity index (χ0v) is 12.9. The number of benzene rings is 1. The van der Waals surface area contributed by atoms with Gasteiger partial charge in [-0.05, 0) is 43.3 Å². The minimum Gasteiger partial charge on any atom is -0.465 e. The smallest absolute Gasteiger partial charge is 0.215 e. The van der Waals surface area contributed by atoms with Crippen LogP contribution < -0.4 is 4.80 Å². The van der Waals surface area contributed by atoms with Crippen LogP contribution in [0.4, 0.5) is 0 Å². The van der Waals surface area contributed by atoms with Crippen molar-refractivity contribution in [1.29, 1.82) is 0 Å². The van der Waals surface area contributed by atoms with E-state index in [1.54, 1.807) is 29.9 Å². The van der Waals surface area contributed by atoms with Gasteiger partial charge in [0, 0.05) is 23.0 Å². The highest BCUT2D eigenvalue weighted by atomic mass is 32.1. The van der Waals surface area contributed by atoms with E-state index in [2.05, 4.69) is 39.2 Å². The monoisotopic (exact) mass is 309 g/mol. The summed E-state index contributed by atoms with van der Waals surface area (Å²) < 4.78 is 7.28. The normalized spacial score (nSPS) is 12.7. The number of aryl methyl sites for hydroxylation is 1. The highest BCUT2D eigenvalue weighted by Crippen LogP contribution is 2.10. The second kappa shape index (κ2) is 6.87. The molecule has 0 saturated carbocycles. The Balaban J connectivity index is 1.83. The lowest BCUT2D eigenvalue weighted by molar-refractivity contribution is 0.557. The van der Waals surface area contributed by atoms with Crippen LogP contribution in [0.1, 0.15) is 11.5 Å². The molecule has 110 valence electrons. The quantitative estimate of drug-likeness (QED) is 0.530. The molecule has 0 aliphatic rings. The number of allylic oxidation sites excluding steroid dienone is 1. The first-order chi connectivity index (χ1) is 10.8. The molecule has 0 bridgehead atoms. The van der Waals surface area contributed by atoms with Gasteiger partial charge in [-0.2, -0.15) is 5.10 Å². The van der Waals surface area contributed by atoms with Gasteiger partial charge < -0.3 is 4.42 Å². The van der Waals surface area contributed by atoms with Gasteiger partial charge in [-0.25, -0.2) is 0 Å². The molecule has 0 spiro atoms. The average molecular weight is 309 g/mol. The summed E-state index contributed by atoms with van der Waals surface area (Å²) in [5.41, 5.74) is 2.22. The van der Waals surface area contributed by atoms with E-state index in [1.165, 1.54) is 0 Å². The molecule has 0 radical (unpaired) electrons. The topological polar surface area (TPSA) is 42.8 Å². The van der Waals surface area contributed by atoms with Crippen molar-refractivity contribution in [1.82, 2.24) is 4.57 Å². The largest absolute Gasteiger partial charge is 0.465 e. The van der Waals surface area contributed by atoms with Gasteiger partial charge in [-0.3, -0.25) is 4.57 Å². The van der Waals surface area contributed by atoms with Crippen molar-refractivity contribution < 1.29 is 4.42 Å². The summed E-state index contributed by atoms with van der Waals surface area (Å²) in [6, 6.07) is 13.9. The third-order valence-electron chi connectivity index (χ3n) is 2.99. The molecule has 0 aliphatic carbocycles. The van der Waals surface area contributed by atoms with Crippen molar-refractivity contribution >= 4 is 23.6 Å². The Kier molecular flexibility index (Phi) is 4.46. The molecule has 0 fully saturated rings. The van der Waals surface area contributed by atoms with Crippen molar-refractivity contribution in [3.63, 3.8) is 0 Å². The van der Waals surface area contributed by atoms with Gasteiger partial charge in [-0.1, -0.05) is 18.2 Å². The molecule has 0 unspecified atom stereocenters. The third kappa shape index (κ3) is 3.32. The maximum atomic E-state index is 5.20. The van der Waals surface area contributed by atoms with Gasteiger partial charge in [0.25, 0.3) is 0 Å². The Bertz CT molecular complexity index is 840. The maximum Gasteiger partial charge on any atom is 0.215 e. The number of para-hydroxylation sites is 1. The molecular formula is C17H15N3OS. The molecule has 2 aromatic heterocycles. The van der Waals surface area contributed by atoms with Crippen LogP contribution in [0.15, 0.2) is 74.8 Å². The Hall–Kier alpha value is -2.66. The van der Waals surface area contributed by atoms with Crippen LogP contribution in [0, 0.1) is 6.92 Å². The molecule has 0 saturated heterocycles. The summed E-state index contributed by atoms with van der Waals surface area (Å²) in [5, 5.41) is 10.5. The lowest BCUT2D eigenvalue weighted by atomic mass is 10.3. The number of furan rings is 1. The van der Waals surface area contributed by atoms with Gasteiger partial charge in [0.05, 0.1) is 6.26 Å². The van der Waals surface area contributed by atoms with Gasteiger partial charge in [0.15, 0.2) is 0 Å². The number of rotatable bonds is 4. The highest BCUT2D eigenvalue weighted by molar-refractivity contribution is 7.07. The van der Waals surface area contributed by atoms with E-state index < -0.39 is 0 Å². The molecule has 1 aromatic carbocycles. The van der Waals surface area contributed by atoms with Gasteiger partial charge >= 0.3 is 0 Å². The highest BCUT2D eigenvalue weighted by Gasteiger charge is 2.02. The van der Waals surface area contributed by atoms with E-state index in [4.69, 9.17) is 4.42 Å². The molecule has 22 heavy (non-hydrogen) atoms. The Morgan fingerprint density at radius 1 is 1.14 bits per heavy atom. The summed E-state index contributed by atoms with van der Waals surface area (Å²) >= 11 is 1.57. The van der Waals surface area contributed by atoms with E-state index in [-0.39, 0.29) is 0 Å². The molecule has 0 N–H and O–H groups in total. The predicted molar refractivity (Wildman–Crippen MR) is 90.2 cm³/mol. The summed E-state index contributed by atoms with van der Waals surface area (Å²) in [6.07, 6.45) is 6.92. The lowest BCUT2D eigenvalue weighted by Gasteiger charge is -2.04. The summed E-state index contributed by atoms with van der Waals surface area (Å²) in [7, 11) is 0. The fourth-order valence-corrected chi connectivity index (χ4v) is 2.83. The first-order valence-corrected chi connectivity index (χ1v) is 7.72. The maximum absolute atomic E-state index is 5.20. The molecule has 2 heterocycles. The summed E-state index contributed by atoms with van der Waals surface area (Å²) in [4.78, 5) is 0.839. The molecule has 0 aliphatic heterocycles. The van der Waals surface area contributed by atoms with Crippen LogP contribution in [0.5, 0.6) is 0 Å². The van der Waals surface area contributed by atoms with Crippen molar-refractivity contribution in [2.24, 2.45) is 10.2 Å². The molecular weight excluding hydrogens is 294 g/mol. The Morgan fingerprint density at radius 3 is 2.77 bits per heavy atom. The average Bonchev–Trinajstić information content (AvgIpc) is 3.18. The van der Waals surface area contributed by atoms with E-state index in [0.29, 0.717) is 0 Å². The van der Waals surface area contributed by atoms with Crippen LogP contribution in [-0.2, 0) is 0 Å². The molecule has 5 heteroatoms. The molecule has 4 nitrogen and oxygen atoms in total. The van der Waals surface area contributed by atoms with Crippen molar-refractivity contribution in [2.45, 2.75) is 6.92 Å². The van der Waals surface area contributed by atoms with Crippen LogP contribution >= 0.6 is 11.3 Å². The molecule has 3 aromatic rings. The summed E-state index contributed by atoms with van der Waals surface area (Å²) in [5.74, 6) is 0.790. The first kappa shape index (κ1) is 14.3. The standard InChI is InChI=1S/C17H15N3OS/c1-14-13-22-17(20(14)15-7-3-2-4-8-15)19-18-11-5-9-16-10-6-12-21-16/h2-13H,1H3/b9-5+,18-11+,19-17+. The van der Waals surface area contributed by atoms with Crippen molar-refractivity contribution in [3.8, 4) is 5.69 Å². The van der Waals surface area contributed by atoms with Crippen LogP contribution in [-0.4, -0.2) is 10.8 Å². The van der Waals surface area contributed by atoms with Gasteiger partial charge in [0.2, 0.25) is 4.80 Å². The first-order valence-electron chi connectivity index (χ1n) is 6.84. The van der Waals surface area contributed by atoms with Crippen LogP contribution in [0.25, 0.3) is 11.8 Å². The minimum atomic E-state index is 0.790. The Labute approximate surface area is 132 Å². The fourth-order valence-electron chi connectivity index (χ4n) is 2.00. The second-order valence-corrected chi connectivity index (χ2v) is 5.41. The number of hydrogen-bond acceptors (Lipinski definition) is 4. The second-order valence-electron chi connectivity index (χ2n) is 4.57. The lowest BCUT2D eigenvalue weighted by Crippen LogP contribution is -2.13.